The molecule has 7 heteroatoms. The second-order valence-electron chi connectivity index (χ2n) is 6.18. The number of hydrogen-bond donors (Lipinski definition) is 2. The van der Waals surface area contributed by atoms with Gasteiger partial charge in [0, 0.05) is 13.8 Å². The number of aromatic amines is 1. The van der Waals surface area contributed by atoms with Gasteiger partial charge < -0.3 is 5.32 Å². The van der Waals surface area contributed by atoms with Crippen LogP contribution in [-0.4, -0.2) is 16.1 Å². The highest BCUT2D eigenvalue weighted by Gasteiger charge is 2.11. The Kier molecular flexibility index (Phi) is 5.54. The molecule has 0 aliphatic heterocycles. The van der Waals surface area contributed by atoms with E-state index >= 15 is 0 Å². The van der Waals surface area contributed by atoms with Crippen LogP contribution in [0.3, 0.4) is 0 Å². The molecular formula is C21H15FIN3OS. The van der Waals surface area contributed by atoms with Crippen LogP contribution in [0.4, 0.5) is 10.1 Å². The molecule has 0 fully saturated rings. The predicted octanol–water partition coefficient (Wildman–Crippen LogP) is 5.72. The number of nitrogens with zero attached hydrogens (tertiary/aromatic N) is 1. The van der Waals surface area contributed by atoms with Crippen LogP contribution >= 0.6 is 33.9 Å². The van der Waals surface area contributed by atoms with Gasteiger partial charge in [-0.05, 0) is 69.9 Å². The zero-order chi connectivity index (χ0) is 19.5. The third-order valence-corrected chi connectivity index (χ3v) is 5.94. The number of aromatic nitrogens is 2. The molecule has 28 heavy (non-hydrogen) atoms. The molecule has 4 rings (SSSR count). The lowest BCUT2D eigenvalue weighted by Gasteiger charge is -2.07. The first-order valence-electron chi connectivity index (χ1n) is 8.52. The number of anilines is 1. The number of rotatable bonds is 5. The Labute approximate surface area is 178 Å². The number of halogens is 2. The van der Waals surface area contributed by atoms with E-state index in [0.29, 0.717) is 6.42 Å². The molecule has 0 atom stereocenters. The number of carbonyl (C=O) groups excluding carboxylic acids is 1. The van der Waals surface area contributed by atoms with Gasteiger partial charge in [-0.1, -0.05) is 24.3 Å². The van der Waals surface area contributed by atoms with Crippen molar-refractivity contribution in [1.29, 1.82) is 0 Å². The summed E-state index contributed by atoms with van der Waals surface area (Å²) in [4.78, 5) is 13.4. The molecule has 4 nitrogen and oxygen atoms in total. The van der Waals surface area contributed by atoms with Crippen LogP contribution in [-0.2, 0) is 11.2 Å². The van der Waals surface area contributed by atoms with E-state index in [1.54, 1.807) is 23.5 Å². The Morgan fingerprint density at radius 2 is 2.04 bits per heavy atom. The molecule has 2 heterocycles. The normalized spacial score (nSPS) is 11.4. The van der Waals surface area contributed by atoms with Gasteiger partial charge in [0.2, 0.25) is 5.91 Å². The fourth-order valence-corrected chi connectivity index (χ4v) is 4.10. The summed E-state index contributed by atoms with van der Waals surface area (Å²) in [7, 11) is 0. The van der Waals surface area contributed by atoms with E-state index in [-0.39, 0.29) is 11.7 Å². The quantitative estimate of drug-likeness (QED) is 0.343. The second-order valence-corrected chi connectivity index (χ2v) is 8.37. The van der Waals surface area contributed by atoms with Gasteiger partial charge in [0.1, 0.15) is 5.82 Å². The third kappa shape index (κ3) is 4.31. The van der Waals surface area contributed by atoms with Gasteiger partial charge in [-0.2, -0.15) is 5.10 Å². The summed E-state index contributed by atoms with van der Waals surface area (Å²) in [6.45, 7) is 0. The molecule has 0 saturated carbocycles. The van der Waals surface area contributed by atoms with Crippen molar-refractivity contribution in [3.63, 3.8) is 0 Å². The van der Waals surface area contributed by atoms with E-state index in [2.05, 4.69) is 38.1 Å². The highest BCUT2D eigenvalue weighted by atomic mass is 127. The average molecular weight is 503 g/mol. The van der Waals surface area contributed by atoms with Gasteiger partial charge in [0.15, 0.2) is 0 Å². The Hall–Kier alpha value is -2.52. The van der Waals surface area contributed by atoms with Crippen molar-refractivity contribution in [3.05, 3.63) is 79.4 Å². The molecule has 140 valence electrons. The Bertz CT molecular complexity index is 1150. The van der Waals surface area contributed by atoms with E-state index in [1.807, 2.05) is 41.8 Å². The minimum Gasteiger partial charge on any atom is -0.325 e. The Balaban J connectivity index is 1.58. The molecule has 0 saturated heterocycles. The van der Waals surface area contributed by atoms with Crippen LogP contribution in [0.5, 0.6) is 0 Å². The minimum absolute atomic E-state index is 0.0494. The predicted molar refractivity (Wildman–Crippen MR) is 121 cm³/mol. The van der Waals surface area contributed by atoms with Crippen molar-refractivity contribution in [2.75, 3.05) is 5.32 Å². The first-order chi connectivity index (χ1) is 13.6. The number of H-pyrrole nitrogens is 1. The summed E-state index contributed by atoms with van der Waals surface area (Å²) in [5.74, 6) is -0.313. The number of nitrogens with one attached hydrogen (secondary N) is 2. The number of benzene rings is 2. The highest BCUT2D eigenvalue weighted by Crippen LogP contribution is 2.27. The molecule has 2 N–H and O–H groups in total. The molecule has 0 aliphatic carbocycles. The van der Waals surface area contributed by atoms with E-state index in [9.17, 15) is 9.18 Å². The first kappa shape index (κ1) is 18.8. The topological polar surface area (TPSA) is 57.8 Å². The second kappa shape index (κ2) is 8.24. The maximum atomic E-state index is 13.0. The van der Waals surface area contributed by atoms with Crippen molar-refractivity contribution < 1.29 is 9.18 Å². The lowest BCUT2D eigenvalue weighted by atomic mass is 10.1. The Morgan fingerprint density at radius 1 is 1.21 bits per heavy atom. The molecule has 0 unspecified atom stereocenters. The number of thiophene rings is 1. The molecule has 0 radical (unpaired) electrons. The van der Waals surface area contributed by atoms with Crippen molar-refractivity contribution in [1.82, 2.24) is 10.2 Å². The van der Waals surface area contributed by atoms with Crippen LogP contribution in [0, 0.1) is 9.39 Å². The first-order valence-corrected chi connectivity index (χ1v) is 10.5. The summed E-state index contributed by atoms with van der Waals surface area (Å²) < 4.78 is 14.0. The highest BCUT2D eigenvalue weighted by molar-refractivity contribution is 14.1. The SMILES string of the molecule is O=C(Cc1cccs1)Nc1cc2c(/C=C/c3ccc(F)cc3)n[nH]c2cc1I. The molecule has 2 aromatic heterocycles. The van der Waals surface area contributed by atoms with Crippen molar-refractivity contribution in [2.24, 2.45) is 0 Å². The largest absolute Gasteiger partial charge is 0.325 e. The summed E-state index contributed by atoms with van der Waals surface area (Å²) >= 11 is 3.77. The molecule has 4 aromatic rings. The van der Waals surface area contributed by atoms with Crippen molar-refractivity contribution >= 4 is 68.6 Å². The number of carbonyl (C=O) groups is 1. The van der Waals surface area contributed by atoms with Gasteiger partial charge in [-0.3, -0.25) is 9.89 Å². The summed E-state index contributed by atoms with van der Waals surface area (Å²) in [6.07, 6.45) is 4.10. The zero-order valence-corrected chi connectivity index (χ0v) is 17.6. The zero-order valence-electron chi connectivity index (χ0n) is 14.6. The van der Waals surface area contributed by atoms with Crippen molar-refractivity contribution in [2.45, 2.75) is 6.42 Å². The van der Waals surface area contributed by atoms with Gasteiger partial charge in [-0.25, -0.2) is 4.39 Å². The van der Waals surface area contributed by atoms with Crippen LogP contribution in [0.2, 0.25) is 0 Å². The molecular weight excluding hydrogens is 488 g/mol. The fraction of sp³-hybridized carbons (Fsp3) is 0.0476. The molecule has 0 bridgehead atoms. The molecule has 0 aliphatic rings. The van der Waals surface area contributed by atoms with Gasteiger partial charge in [-0.15, -0.1) is 11.3 Å². The monoisotopic (exact) mass is 503 g/mol. The van der Waals surface area contributed by atoms with Gasteiger partial charge >= 0.3 is 0 Å². The van der Waals surface area contributed by atoms with Crippen LogP contribution in [0.15, 0.2) is 53.9 Å². The van der Waals surface area contributed by atoms with Gasteiger partial charge in [0.05, 0.1) is 23.3 Å². The van der Waals surface area contributed by atoms with Crippen LogP contribution < -0.4 is 5.32 Å². The summed E-state index contributed by atoms with van der Waals surface area (Å²) in [5, 5.41) is 13.2. The molecule has 0 spiro atoms. The maximum Gasteiger partial charge on any atom is 0.229 e. The van der Waals surface area contributed by atoms with Crippen molar-refractivity contribution in [3.8, 4) is 0 Å². The van der Waals surface area contributed by atoms with Gasteiger partial charge in [0.25, 0.3) is 0 Å². The van der Waals surface area contributed by atoms with E-state index in [1.165, 1.54) is 12.1 Å². The van der Waals surface area contributed by atoms with Crippen LogP contribution in [0.25, 0.3) is 23.1 Å². The summed E-state index contributed by atoms with van der Waals surface area (Å²) in [6, 6.07) is 14.0. The van der Waals surface area contributed by atoms with E-state index < -0.39 is 0 Å². The molecule has 2 aromatic carbocycles. The number of amides is 1. The van der Waals surface area contributed by atoms with E-state index in [4.69, 9.17) is 0 Å². The fourth-order valence-electron chi connectivity index (χ4n) is 2.80. The number of fused-ring (bicyclic) bond motifs is 1. The smallest absolute Gasteiger partial charge is 0.229 e. The Morgan fingerprint density at radius 3 is 2.79 bits per heavy atom. The number of hydrogen-bond acceptors (Lipinski definition) is 3. The maximum absolute atomic E-state index is 13.0. The van der Waals surface area contributed by atoms with E-state index in [0.717, 1.165) is 36.3 Å². The summed E-state index contributed by atoms with van der Waals surface area (Å²) in [5.41, 5.74) is 3.28. The standard InChI is InChI=1S/C21H15FIN3OS/c22-14-6-3-13(4-7-14)5-8-18-16-11-20(17(23)12-19(16)26-25-18)24-21(27)10-15-2-1-9-28-15/h1-9,11-12H,10H2,(H,24,27)(H,25,26)/b8-5+. The lowest BCUT2D eigenvalue weighted by molar-refractivity contribution is -0.115. The minimum atomic E-state index is -0.264. The van der Waals surface area contributed by atoms with Crippen LogP contribution in [0.1, 0.15) is 16.1 Å². The lowest BCUT2D eigenvalue weighted by Crippen LogP contribution is -2.14. The third-order valence-electron chi connectivity index (χ3n) is 4.17. The molecule has 1 amide bonds. The average Bonchev–Trinajstić information content (AvgIpc) is 3.31.